The Morgan fingerprint density at radius 1 is 1.24 bits per heavy atom. The highest BCUT2D eigenvalue weighted by Gasteiger charge is 2.38. The molecule has 8 heteroatoms. The maximum Gasteiger partial charge on any atom is 0.341 e. The Morgan fingerprint density at radius 2 is 1.97 bits per heavy atom. The van der Waals surface area contributed by atoms with Crippen molar-refractivity contribution in [2.45, 2.75) is 51.1 Å². The summed E-state index contributed by atoms with van der Waals surface area (Å²) in [5, 5.41) is 6.82. The van der Waals surface area contributed by atoms with Gasteiger partial charge in [0.05, 0.1) is 26.9 Å². The second-order valence-corrected chi connectivity index (χ2v) is 7.84. The molecule has 1 aliphatic carbocycles. The predicted octanol–water partition coefficient (Wildman–Crippen LogP) is 2.07. The van der Waals surface area contributed by atoms with E-state index in [4.69, 9.17) is 13.9 Å². The molecule has 1 aliphatic heterocycles. The molecule has 0 unspecified atom stereocenters. The molecule has 0 radical (unpaired) electrons. The quantitative estimate of drug-likeness (QED) is 0.425. The topological polar surface area (TPSA) is 88.3 Å². The maximum atomic E-state index is 11.8. The molecule has 2 aliphatic rings. The highest BCUT2D eigenvalue weighted by molar-refractivity contribution is 5.90. The van der Waals surface area contributed by atoms with Crippen molar-refractivity contribution in [1.29, 1.82) is 0 Å². The number of furan rings is 1. The van der Waals surface area contributed by atoms with E-state index >= 15 is 0 Å². The van der Waals surface area contributed by atoms with Gasteiger partial charge in [0, 0.05) is 32.2 Å². The summed E-state index contributed by atoms with van der Waals surface area (Å²) in [6.07, 6.45) is 6.27. The molecule has 1 aromatic rings. The lowest BCUT2D eigenvalue weighted by molar-refractivity contribution is -0.0352. The molecule has 2 fully saturated rings. The van der Waals surface area contributed by atoms with Gasteiger partial charge in [-0.05, 0) is 25.8 Å². The van der Waals surface area contributed by atoms with Crippen LogP contribution in [0.4, 0.5) is 0 Å². The van der Waals surface area contributed by atoms with Crippen LogP contribution in [0.25, 0.3) is 0 Å². The number of aryl methyl sites for hydroxylation is 1. The third-order valence-corrected chi connectivity index (χ3v) is 6.08. The fourth-order valence-corrected chi connectivity index (χ4v) is 4.44. The molecular formula is C21H34N4O4. The molecule has 8 nitrogen and oxygen atoms in total. The summed E-state index contributed by atoms with van der Waals surface area (Å²) in [5.41, 5.74) is 0.625. The van der Waals surface area contributed by atoms with Gasteiger partial charge in [-0.3, -0.25) is 9.89 Å². The van der Waals surface area contributed by atoms with Crippen molar-refractivity contribution < 1.29 is 18.7 Å². The standard InChI is InChI=1S/C21H34N4O4/c1-16-18(19(26)27-3)13-17(29-16)14-23-20(22-2)24-15-21(7-5-4-6-8-21)25-9-11-28-12-10-25/h13H,4-12,14-15H2,1-3H3,(H2,22,23,24). The van der Waals surface area contributed by atoms with E-state index in [1.165, 1.54) is 39.2 Å². The molecule has 162 valence electrons. The number of rotatable bonds is 6. The Balaban J connectivity index is 1.58. The fraction of sp³-hybridized carbons (Fsp3) is 0.714. The second kappa shape index (κ2) is 10.1. The van der Waals surface area contributed by atoms with Crippen LogP contribution in [0.2, 0.25) is 0 Å². The van der Waals surface area contributed by atoms with Gasteiger partial charge in [0.2, 0.25) is 0 Å². The van der Waals surface area contributed by atoms with Crippen LogP contribution in [0.15, 0.2) is 15.5 Å². The normalized spacial score (nSPS) is 20.3. The van der Waals surface area contributed by atoms with Crippen molar-refractivity contribution in [3.8, 4) is 0 Å². The van der Waals surface area contributed by atoms with Gasteiger partial charge in [-0.1, -0.05) is 19.3 Å². The van der Waals surface area contributed by atoms with Crippen LogP contribution in [0.1, 0.15) is 54.0 Å². The minimum atomic E-state index is -0.384. The number of nitrogens with one attached hydrogen (secondary N) is 2. The molecule has 0 spiro atoms. The molecule has 2 N–H and O–H groups in total. The van der Waals surface area contributed by atoms with Crippen LogP contribution in [0.3, 0.4) is 0 Å². The number of methoxy groups -OCH3 is 1. The number of carbonyl (C=O) groups is 1. The molecule has 0 bridgehead atoms. The van der Waals surface area contributed by atoms with Crippen LogP contribution in [0, 0.1) is 6.92 Å². The van der Waals surface area contributed by atoms with Crippen molar-refractivity contribution in [3.05, 3.63) is 23.2 Å². The van der Waals surface area contributed by atoms with Gasteiger partial charge in [0.1, 0.15) is 17.1 Å². The number of morpholine rings is 1. The molecular weight excluding hydrogens is 372 g/mol. The van der Waals surface area contributed by atoms with Crippen LogP contribution in [0.5, 0.6) is 0 Å². The summed E-state index contributed by atoms with van der Waals surface area (Å²) in [5.74, 6) is 1.58. The van der Waals surface area contributed by atoms with Gasteiger partial charge < -0.3 is 24.5 Å². The summed E-state index contributed by atoms with van der Waals surface area (Å²) < 4.78 is 16.0. The molecule has 2 heterocycles. The summed E-state index contributed by atoms with van der Waals surface area (Å²) >= 11 is 0. The highest BCUT2D eigenvalue weighted by Crippen LogP contribution is 2.33. The largest absolute Gasteiger partial charge is 0.465 e. The zero-order valence-corrected chi connectivity index (χ0v) is 17.9. The summed E-state index contributed by atoms with van der Waals surface area (Å²) in [4.78, 5) is 18.7. The SMILES string of the molecule is CN=C(NCc1cc(C(=O)OC)c(C)o1)NCC1(N2CCOCC2)CCCCC1. The average molecular weight is 407 g/mol. The van der Waals surface area contributed by atoms with E-state index in [1.54, 1.807) is 20.0 Å². The predicted molar refractivity (Wildman–Crippen MR) is 111 cm³/mol. The average Bonchev–Trinajstić information content (AvgIpc) is 3.15. The van der Waals surface area contributed by atoms with Crippen LogP contribution < -0.4 is 10.6 Å². The number of aliphatic imine (C=N–C) groups is 1. The van der Waals surface area contributed by atoms with Crippen molar-refractivity contribution in [1.82, 2.24) is 15.5 Å². The first-order chi connectivity index (χ1) is 14.1. The van der Waals surface area contributed by atoms with Crippen molar-refractivity contribution in [2.75, 3.05) is 47.0 Å². The Hall–Kier alpha value is -2.06. The molecule has 1 saturated heterocycles. The van der Waals surface area contributed by atoms with E-state index < -0.39 is 0 Å². The third kappa shape index (κ3) is 5.30. The number of hydrogen-bond donors (Lipinski definition) is 2. The fourth-order valence-electron chi connectivity index (χ4n) is 4.44. The molecule has 1 aromatic heterocycles. The monoisotopic (exact) mass is 406 g/mol. The number of esters is 1. The van der Waals surface area contributed by atoms with E-state index in [1.807, 2.05) is 0 Å². The maximum absolute atomic E-state index is 11.8. The first kappa shape index (κ1) is 21.6. The zero-order chi connectivity index (χ0) is 20.7. The molecule has 0 atom stereocenters. The molecule has 3 rings (SSSR count). The minimum Gasteiger partial charge on any atom is -0.465 e. The van der Waals surface area contributed by atoms with E-state index in [0.29, 0.717) is 23.6 Å². The summed E-state index contributed by atoms with van der Waals surface area (Å²) in [7, 11) is 3.14. The number of hydrogen-bond acceptors (Lipinski definition) is 6. The number of ether oxygens (including phenoxy) is 2. The summed E-state index contributed by atoms with van der Waals surface area (Å²) in [6, 6.07) is 1.72. The molecule has 0 amide bonds. The number of nitrogens with zero attached hydrogens (tertiary/aromatic N) is 2. The minimum absolute atomic E-state index is 0.166. The second-order valence-electron chi connectivity index (χ2n) is 7.84. The Labute approximate surface area is 173 Å². The first-order valence-electron chi connectivity index (χ1n) is 10.5. The van der Waals surface area contributed by atoms with Gasteiger partial charge in [-0.25, -0.2) is 4.79 Å². The van der Waals surface area contributed by atoms with Gasteiger partial charge in [0.15, 0.2) is 5.96 Å². The van der Waals surface area contributed by atoms with Crippen molar-refractivity contribution >= 4 is 11.9 Å². The van der Waals surface area contributed by atoms with Crippen LogP contribution in [-0.4, -0.2) is 69.4 Å². The number of carbonyl (C=O) groups excluding carboxylic acids is 1. The van der Waals surface area contributed by atoms with E-state index in [0.717, 1.165) is 38.8 Å². The van der Waals surface area contributed by atoms with E-state index in [2.05, 4.69) is 20.5 Å². The molecule has 29 heavy (non-hydrogen) atoms. The highest BCUT2D eigenvalue weighted by atomic mass is 16.5. The van der Waals surface area contributed by atoms with Gasteiger partial charge >= 0.3 is 5.97 Å². The smallest absolute Gasteiger partial charge is 0.341 e. The van der Waals surface area contributed by atoms with Crippen molar-refractivity contribution in [2.24, 2.45) is 4.99 Å². The third-order valence-electron chi connectivity index (χ3n) is 6.08. The lowest BCUT2D eigenvalue weighted by Crippen LogP contribution is -2.60. The number of guanidine groups is 1. The first-order valence-corrected chi connectivity index (χ1v) is 10.5. The van der Waals surface area contributed by atoms with E-state index in [9.17, 15) is 4.79 Å². The van der Waals surface area contributed by atoms with Crippen molar-refractivity contribution in [3.63, 3.8) is 0 Å². The van der Waals surface area contributed by atoms with Crippen LogP contribution >= 0.6 is 0 Å². The van der Waals surface area contributed by atoms with Gasteiger partial charge in [0.25, 0.3) is 0 Å². The van der Waals surface area contributed by atoms with Gasteiger partial charge in [-0.15, -0.1) is 0 Å². The Morgan fingerprint density at radius 3 is 2.62 bits per heavy atom. The van der Waals surface area contributed by atoms with E-state index in [-0.39, 0.29) is 11.5 Å². The Bertz CT molecular complexity index is 704. The zero-order valence-electron chi connectivity index (χ0n) is 17.9. The molecule has 0 aromatic carbocycles. The lowest BCUT2D eigenvalue weighted by atomic mass is 9.80. The summed E-state index contributed by atoms with van der Waals surface area (Å²) in [6.45, 7) is 6.69. The van der Waals surface area contributed by atoms with Gasteiger partial charge in [-0.2, -0.15) is 0 Å². The van der Waals surface area contributed by atoms with Crippen LogP contribution in [-0.2, 0) is 16.0 Å². The lowest BCUT2D eigenvalue weighted by Gasteiger charge is -2.48. The Kier molecular flexibility index (Phi) is 7.55. The molecule has 1 saturated carbocycles.